The van der Waals surface area contributed by atoms with Gasteiger partial charge in [0.25, 0.3) is 5.56 Å². The summed E-state index contributed by atoms with van der Waals surface area (Å²) in [5, 5.41) is 0. The molecule has 1 saturated heterocycles. The van der Waals surface area contributed by atoms with Gasteiger partial charge in [-0.1, -0.05) is 0 Å². The van der Waals surface area contributed by atoms with Crippen LogP contribution >= 0.6 is 0 Å². The van der Waals surface area contributed by atoms with Crippen molar-refractivity contribution >= 4 is 22.8 Å². The summed E-state index contributed by atoms with van der Waals surface area (Å²) in [5.74, 6) is 1.55. The number of imidazole rings is 1. The number of fused-ring (bicyclic) bond motifs is 3. The molecule has 0 atom stereocenters. The molecule has 0 amide bonds. The molecule has 0 saturated carbocycles. The maximum absolute atomic E-state index is 12.8. The number of aromatic nitrogens is 4. The topological polar surface area (TPSA) is 77.5 Å². The minimum Gasteiger partial charge on any atom is -0.492 e. The highest BCUT2D eigenvalue weighted by atomic mass is 16.5. The Morgan fingerprint density at radius 2 is 1.68 bits per heavy atom. The molecular weight excluding hydrogens is 396 g/mol. The lowest BCUT2D eigenvalue weighted by Gasteiger charge is -2.29. The fourth-order valence-electron chi connectivity index (χ4n) is 4.61. The Bertz CT molecular complexity index is 1220. The van der Waals surface area contributed by atoms with E-state index in [4.69, 9.17) is 9.72 Å². The van der Waals surface area contributed by atoms with Crippen LogP contribution in [-0.2, 0) is 20.6 Å². The Hall–Kier alpha value is -3.07. The number of ether oxygens (including phenoxy) is 1. The van der Waals surface area contributed by atoms with Crippen LogP contribution in [0.4, 0.5) is 11.6 Å². The highest BCUT2D eigenvalue weighted by Gasteiger charge is 2.26. The second-order valence-electron chi connectivity index (χ2n) is 8.34. The van der Waals surface area contributed by atoms with Gasteiger partial charge in [0.05, 0.1) is 0 Å². The molecule has 5 rings (SSSR count). The number of hydrogen-bond donors (Lipinski definition) is 0. The lowest BCUT2D eigenvalue weighted by atomic mass is 10.2. The van der Waals surface area contributed by atoms with Crippen LogP contribution in [0, 0.1) is 0 Å². The molecule has 1 aromatic carbocycles. The summed E-state index contributed by atoms with van der Waals surface area (Å²) >= 11 is 0. The molecule has 0 aliphatic carbocycles. The van der Waals surface area contributed by atoms with E-state index in [1.165, 1.54) is 37.5 Å². The predicted molar refractivity (Wildman–Crippen MR) is 119 cm³/mol. The van der Waals surface area contributed by atoms with Gasteiger partial charge in [-0.15, -0.1) is 0 Å². The van der Waals surface area contributed by atoms with E-state index in [9.17, 15) is 9.59 Å². The van der Waals surface area contributed by atoms with Crippen molar-refractivity contribution in [3.8, 4) is 5.75 Å². The molecule has 2 aliphatic rings. The molecule has 3 aromatic rings. The van der Waals surface area contributed by atoms with Crippen molar-refractivity contribution in [2.75, 3.05) is 37.7 Å². The van der Waals surface area contributed by atoms with Crippen LogP contribution in [0.2, 0.25) is 0 Å². The standard InChI is InChI=1S/C22H28N6O3/c1-24-19-18(20(29)25(2)22(24)30)28-13-5-12-27(21(28)23-19)16-6-8-17(9-7-16)31-15-14-26-10-3-4-11-26/h6-9H,3-5,10-15H2,1-2H3. The number of hydrogen-bond acceptors (Lipinski definition) is 6. The quantitative estimate of drug-likeness (QED) is 0.617. The molecule has 2 aliphatic heterocycles. The van der Waals surface area contributed by atoms with Gasteiger partial charge in [-0.3, -0.25) is 18.8 Å². The molecule has 9 heteroatoms. The van der Waals surface area contributed by atoms with Crippen LogP contribution in [-0.4, -0.2) is 56.4 Å². The van der Waals surface area contributed by atoms with Gasteiger partial charge >= 0.3 is 5.69 Å². The predicted octanol–water partition coefficient (Wildman–Crippen LogP) is 1.45. The summed E-state index contributed by atoms with van der Waals surface area (Å²) in [6, 6.07) is 8.01. The minimum absolute atomic E-state index is 0.305. The van der Waals surface area contributed by atoms with E-state index in [1.807, 2.05) is 28.8 Å². The molecule has 4 heterocycles. The van der Waals surface area contributed by atoms with E-state index in [0.717, 1.165) is 35.5 Å². The Labute approximate surface area is 180 Å². The molecule has 0 bridgehead atoms. The van der Waals surface area contributed by atoms with E-state index in [1.54, 1.807) is 7.05 Å². The number of nitrogens with zero attached hydrogens (tertiary/aromatic N) is 6. The number of rotatable bonds is 5. The first-order valence-electron chi connectivity index (χ1n) is 10.9. The number of benzene rings is 1. The average Bonchev–Trinajstić information content (AvgIpc) is 3.44. The largest absolute Gasteiger partial charge is 0.492 e. The third kappa shape index (κ3) is 3.42. The van der Waals surface area contributed by atoms with Crippen molar-refractivity contribution in [1.82, 2.24) is 23.6 Å². The second-order valence-corrected chi connectivity index (χ2v) is 8.34. The summed E-state index contributed by atoms with van der Waals surface area (Å²) in [5.41, 5.74) is 1.23. The zero-order valence-corrected chi connectivity index (χ0v) is 18.1. The molecular formula is C22H28N6O3. The highest BCUT2D eigenvalue weighted by molar-refractivity contribution is 5.77. The second kappa shape index (κ2) is 7.88. The molecule has 9 nitrogen and oxygen atoms in total. The Morgan fingerprint density at radius 3 is 2.42 bits per heavy atom. The van der Waals surface area contributed by atoms with Gasteiger partial charge in [0.2, 0.25) is 5.95 Å². The number of anilines is 2. The molecule has 0 radical (unpaired) electrons. The third-order valence-electron chi connectivity index (χ3n) is 6.36. The highest BCUT2D eigenvalue weighted by Crippen LogP contribution is 2.31. The summed E-state index contributed by atoms with van der Waals surface area (Å²) in [4.78, 5) is 34.3. The van der Waals surface area contributed by atoms with Crippen molar-refractivity contribution < 1.29 is 4.74 Å². The van der Waals surface area contributed by atoms with E-state index in [-0.39, 0.29) is 11.2 Å². The Balaban J connectivity index is 1.41. The van der Waals surface area contributed by atoms with Crippen LogP contribution in [0.15, 0.2) is 33.9 Å². The Kier molecular flexibility index (Phi) is 5.05. The maximum Gasteiger partial charge on any atom is 0.332 e. The van der Waals surface area contributed by atoms with E-state index in [0.29, 0.717) is 30.3 Å². The lowest BCUT2D eigenvalue weighted by molar-refractivity contribution is 0.238. The van der Waals surface area contributed by atoms with Crippen molar-refractivity contribution in [1.29, 1.82) is 0 Å². The molecule has 164 valence electrons. The number of aryl methyl sites for hydroxylation is 2. The van der Waals surface area contributed by atoms with Crippen LogP contribution in [0.5, 0.6) is 5.75 Å². The fraction of sp³-hybridized carbons (Fsp3) is 0.500. The first-order valence-corrected chi connectivity index (χ1v) is 10.9. The SMILES string of the molecule is Cn1c(=O)c2c(nc3n2CCCN3c2ccc(OCCN3CCCC3)cc2)n(C)c1=O. The molecule has 2 aromatic heterocycles. The normalized spacial score (nSPS) is 16.8. The smallest absolute Gasteiger partial charge is 0.332 e. The zero-order valence-electron chi connectivity index (χ0n) is 18.1. The first-order chi connectivity index (χ1) is 15.0. The van der Waals surface area contributed by atoms with Crippen LogP contribution in [0.3, 0.4) is 0 Å². The van der Waals surface area contributed by atoms with Gasteiger partial charge in [0, 0.05) is 39.4 Å². The third-order valence-corrected chi connectivity index (χ3v) is 6.36. The molecule has 0 spiro atoms. The maximum atomic E-state index is 12.8. The van der Waals surface area contributed by atoms with Gasteiger partial charge in [-0.05, 0) is 56.6 Å². The van der Waals surface area contributed by atoms with E-state index >= 15 is 0 Å². The van der Waals surface area contributed by atoms with Gasteiger partial charge in [-0.2, -0.15) is 4.98 Å². The van der Waals surface area contributed by atoms with Crippen LogP contribution in [0.1, 0.15) is 19.3 Å². The first kappa shape index (κ1) is 19.9. The summed E-state index contributed by atoms with van der Waals surface area (Å²) in [6.45, 7) is 5.50. The average molecular weight is 425 g/mol. The van der Waals surface area contributed by atoms with Gasteiger partial charge in [-0.25, -0.2) is 4.79 Å². The van der Waals surface area contributed by atoms with Gasteiger partial charge in [0.1, 0.15) is 12.4 Å². The van der Waals surface area contributed by atoms with Crippen LogP contribution < -0.4 is 20.9 Å². The van der Waals surface area contributed by atoms with Gasteiger partial charge < -0.3 is 14.2 Å². The van der Waals surface area contributed by atoms with E-state index in [2.05, 4.69) is 9.80 Å². The van der Waals surface area contributed by atoms with Crippen molar-refractivity contribution in [3.63, 3.8) is 0 Å². The van der Waals surface area contributed by atoms with Crippen molar-refractivity contribution in [2.45, 2.75) is 25.8 Å². The monoisotopic (exact) mass is 424 g/mol. The van der Waals surface area contributed by atoms with Crippen LogP contribution in [0.25, 0.3) is 11.2 Å². The summed E-state index contributed by atoms with van der Waals surface area (Å²) < 4.78 is 10.4. The summed E-state index contributed by atoms with van der Waals surface area (Å²) in [6.07, 6.45) is 3.46. The summed E-state index contributed by atoms with van der Waals surface area (Å²) in [7, 11) is 3.16. The fourth-order valence-corrected chi connectivity index (χ4v) is 4.61. The molecule has 31 heavy (non-hydrogen) atoms. The van der Waals surface area contributed by atoms with Gasteiger partial charge in [0.15, 0.2) is 11.2 Å². The van der Waals surface area contributed by atoms with Crippen molar-refractivity contribution in [2.24, 2.45) is 14.1 Å². The van der Waals surface area contributed by atoms with E-state index < -0.39 is 0 Å². The number of likely N-dealkylation sites (tertiary alicyclic amines) is 1. The lowest BCUT2D eigenvalue weighted by Crippen LogP contribution is -2.38. The molecule has 1 fully saturated rings. The molecule has 0 N–H and O–H groups in total. The zero-order chi connectivity index (χ0) is 21.5. The minimum atomic E-state index is -0.366. The Morgan fingerprint density at radius 1 is 0.935 bits per heavy atom. The van der Waals surface area contributed by atoms with Crippen molar-refractivity contribution in [3.05, 3.63) is 45.1 Å². The molecule has 0 unspecified atom stereocenters.